The van der Waals surface area contributed by atoms with E-state index in [0.29, 0.717) is 16.6 Å². The highest BCUT2D eigenvalue weighted by Gasteiger charge is 2.08. The Bertz CT molecular complexity index is 555. The number of rotatable bonds is 4. The Morgan fingerprint density at radius 3 is 2.58 bits per heavy atom. The minimum Gasteiger partial charge on any atom is -0.389 e. The van der Waals surface area contributed by atoms with Crippen LogP contribution in [0.4, 0.5) is 10.1 Å². The molecule has 1 amide bonds. The van der Waals surface area contributed by atoms with Gasteiger partial charge < -0.3 is 11.1 Å². The van der Waals surface area contributed by atoms with Crippen molar-refractivity contribution in [1.82, 2.24) is 4.98 Å². The van der Waals surface area contributed by atoms with Gasteiger partial charge in [0.15, 0.2) is 5.13 Å². The number of amides is 1. The van der Waals surface area contributed by atoms with Crippen LogP contribution < -0.4 is 11.1 Å². The van der Waals surface area contributed by atoms with E-state index >= 15 is 0 Å². The molecule has 19 heavy (non-hydrogen) atoms. The number of hydrogen-bond donors (Lipinski definition) is 2. The second kappa shape index (κ2) is 5.84. The zero-order valence-corrected chi connectivity index (χ0v) is 11.9. The number of thiazole rings is 1. The molecule has 0 unspecified atom stereocenters. The number of aryl methyl sites for hydroxylation is 3. The van der Waals surface area contributed by atoms with Crippen molar-refractivity contribution < 1.29 is 4.79 Å². The largest absolute Gasteiger partial charge is 0.389 e. The number of hydrogen-bond acceptors (Lipinski definition) is 4. The summed E-state index contributed by atoms with van der Waals surface area (Å²) in [5.74, 6) is -0.0330. The summed E-state index contributed by atoms with van der Waals surface area (Å²) in [6.45, 7) is 3.87. The Labute approximate surface area is 116 Å². The highest BCUT2D eigenvalue weighted by molar-refractivity contribution is 7.19. The van der Waals surface area contributed by atoms with E-state index < -0.39 is 0 Å². The van der Waals surface area contributed by atoms with Gasteiger partial charge >= 0.3 is 0 Å². The van der Waals surface area contributed by atoms with Crippen molar-refractivity contribution in [2.24, 2.45) is 0 Å². The summed E-state index contributed by atoms with van der Waals surface area (Å²) in [6.07, 6.45) is 1.17. The molecular weight excluding hydrogens is 258 g/mol. The molecule has 0 bridgehead atoms. The number of benzene rings is 1. The van der Waals surface area contributed by atoms with Crippen LogP contribution in [-0.4, -0.2) is 10.9 Å². The molecule has 0 aliphatic carbocycles. The van der Waals surface area contributed by atoms with E-state index in [1.165, 1.54) is 16.9 Å². The highest BCUT2D eigenvalue weighted by Crippen LogP contribution is 2.24. The first-order chi connectivity index (χ1) is 9.04. The highest BCUT2D eigenvalue weighted by atomic mass is 32.1. The van der Waals surface area contributed by atoms with Gasteiger partial charge in [-0.25, -0.2) is 4.98 Å². The van der Waals surface area contributed by atoms with E-state index in [2.05, 4.69) is 22.4 Å². The second-order valence-corrected chi connectivity index (χ2v) is 5.53. The SMILES string of the molecule is Cc1ccc(CCC(=O)Nc2nc(C)c(N)s2)cc1. The quantitative estimate of drug-likeness (QED) is 0.901. The van der Waals surface area contributed by atoms with Gasteiger partial charge in [0.25, 0.3) is 0 Å². The normalized spacial score (nSPS) is 10.4. The summed E-state index contributed by atoms with van der Waals surface area (Å²) >= 11 is 1.30. The third-order valence-electron chi connectivity index (χ3n) is 2.84. The van der Waals surface area contributed by atoms with Crippen molar-refractivity contribution in [3.63, 3.8) is 0 Å². The topological polar surface area (TPSA) is 68.0 Å². The van der Waals surface area contributed by atoms with Gasteiger partial charge in [0, 0.05) is 6.42 Å². The minimum absolute atomic E-state index is 0.0330. The van der Waals surface area contributed by atoms with E-state index in [9.17, 15) is 4.79 Å². The Balaban J connectivity index is 1.86. The average molecular weight is 275 g/mol. The molecule has 2 rings (SSSR count). The minimum atomic E-state index is -0.0330. The van der Waals surface area contributed by atoms with Crippen molar-refractivity contribution in [2.75, 3.05) is 11.1 Å². The summed E-state index contributed by atoms with van der Waals surface area (Å²) < 4.78 is 0. The summed E-state index contributed by atoms with van der Waals surface area (Å²) in [7, 11) is 0. The first kappa shape index (κ1) is 13.5. The molecule has 5 heteroatoms. The number of nitrogen functional groups attached to an aromatic ring is 1. The number of nitrogens with two attached hydrogens (primary N) is 1. The Morgan fingerprint density at radius 2 is 2.00 bits per heavy atom. The van der Waals surface area contributed by atoms with Crippen LogP contribution in [0.5, 0.6) is 0 Å². The third-order valence-corrected chi connectivity index (χ3v) is 3.74. The van der Waals surface area contributed by atoms with Crippen molar-refractivity contribution in [2.45, 2.75) is 26.7 Å². The summed E-state index contributed by atoms with van der Waals surface area (Å²) in [4.78, 5) is 16.0. The van der Waals surface area contributed by atoms with Gasteiger partial charge in [-0.05, 0) is 25.8 Å². The van der Waals surface area contributed by atoms with Gasteiger partial charge in [-0.1, -0.05) is 41.2 Å². The maximum absolute atomic E-state index is 11.8. The fraction of sp³-hybridized carbons (Fsp3) is 0.286. The second-order valence-electron chi connectivity index (χ2n) is 4.50. The van der Waals surface area contributed by atoms with Gasteiger partial charge in [-0.15, -0.1) is 0 Å². The standard InChI is InChI=1S/C14H17N3OS/c1-9-3-5-11(6-4-9)7-8-12(18)17-14-16-10(2)13(15)19-14/h3-6H,7-8,15H2,1-2H3,(H,16,17,18). The molecule has 0 fully saturated rings. The fourth-order valence-electron chi connectivity index (χ4n) is 1.66. The molecule has 0 saturated heterocycles. The lowest BCUT2D eigenvalue weighted by molar-refractivity contribution is -0.116. The Morgan fingerprint density at radius 1 is 1.32 bits per heavy atom. The van der Waals surface area contributed by atoms with Crippen LogP contribution in [0, 0.1) is 13.8 Å². The van der Waals surface area contributed by atoms with Crippen molar-refractivity contribution in [3.05, 3.63) is 41.1 Å². The maximum atomic E-state index is 11.8. The zero-order valence-electron chi connectivity index (χ0n) is 11.1. The van der Waals surface area contributed by atoms with Crippen LogP contribution in [-0.2, 0) is 11.2 Å². The lowest BCUT2D eigenvalue weighted by atomic mass is 10.1. The van der Waals surface area contributed by atoms with E-state index in [1.807, 2.05) is 26.0 Å². The first-order valence-electron chi connectivity index (χ1n) is 6.13. The van der Waals surface area contributed by atoms with Crippen LogP contribution in [0.1, 0.15) is 23.2 Å². The molecule has 4 nitrogen and oxygen atoms in total. The van der Waals surface area contributed by atoms with Crippen LogP contribution in [0.3, 0.4) is 0 Å². The van der Waals surface area contributed by atoms with Crippen LogP contribution in [0.25, 0.3) is 0 Å². The lowest BCUT2D eigenvalue weighted by Crippen LogP contribution is -2.12. The monoisotopic (exact) mass is 275 g/mol. The molecule has 3 N–H and O–H groups in total. The third kappa shape index (κ3) is 3.79. The molecule has 1 aromatic carbocycles. The number of anilines is 2. The number of nitrogens with zero attached hydrogens (tertiary/aromatic N) is 1. The molecule has 1 heterocycles. The molecular formula is C14H17N3OS. The number of carbonyl (C=O) groups excluding carboxylic acids is 1. The van der Waals surface area contributed by atoms with E-state index in [1.54, 1.807) is 0 Å². The Hall–Kier alpha value is -1.88. The van der Waals surface area contributed by atoms with E-state index in [-0.39, 0.29) is 5.91 Å². The maximum Gasteiger partial charge on any atom is 0.226 e. The van der Waals surface area contributed by atoms with Crippen molar-refractivity contribution in [1.29, 1.82) is 0 Å². The summed E-state index contributed by atoms with van der Waals surface area (Å²) in [5, 5.41) is 3.99. The molecule has 0 aliphatic heterocycles. The zero-order chi connectivity index (χ0) is 13.8. The fourth-order valence-corrected chi connectivity index (χ4v) is 2.41. The first-order valence-corrected chi connectivity index (χ1v) is 6.94. The summed E-state index contributed by atoms with van der Waals surface area (Å²) in [6, 6.07) is 8.21. The van der Waals surface area contributed by atoms with Gasteiger partial charge in [-0.3, -0.25) is 4.79 Å². The number of carbonyl (C=O) groups is 1. The molecule has 0 aliphatic rings. The van der Waals surface area contributed by atoms with Gasteiger partial charge in [-0.2, -0.15) is 0 Å². The molecule has 0 saturated carbocycles. The lowest BCUT2D eigenvalue weighted by Gasteiger charge is -2.02. The van der Waals surface area contributed by atoms with E-state index in [0.717, 1.165) is 17.7 Å². The molecule has 0 spiro atoms. The smallest absolute Gasteiger partial charge is 0.226 e. The predicted octanol–water partition coefficient (Wildman–Crippen LogP) is 2.91. The van der Waals surface area contributed by atoms with Crippen LogP contribution >= 0.6 is 11.3 Å². The molecule has 100 valence electrons. The van der Waals surface area contributed by atoms with Gasteiger partial charge in [0.05, 0.1) is 5.69 Å². The molecule has 2 aromatic rings. The van der Waals surface area contributed by atoms with Crippen molar-refractivity contribution in [3.8, 4) is 0 Å². The molecule has 1 aromatic heterocycles. The predicted molar refractivity (Wildman–Crippen MR) is 79.4 cm³/mol. The van der Waals surface area contributed by atoms with E-state index in [4.69, 9.17) is 5.73 Å². The van der Waals surface area contributed by atoms with Gasteiger partial charge in [0.2, 0.25) is 5.91 Å². The number of nitrogens with one attached hydrogen (secondary N) is 1. The number of aromatic nitrogens is 1. The summed E-state index contributed by atoms with van der Waals surface area (Å²) in [5.41, 5.74) is 8.85. The van der Waals surface area contributed by atoms with Crippen LogP contribution in [0.2, 0.25) is 0 Å². The Kier molecular flexibility index (Phi) is 4.16. The van der Waals surface area contributed by atoms with Crippen LogP contribution in [0.15, 0.2) is 24.3 Å². The van der Waals surface area contributed by atoms with Crippen molar-refractivity contribution >= 4 is 27.4 Å². The molecule has 0 atom stereocenters. The van der Waals surface area contributed by atoms with Gasteiger partial charge in [0.1, 0.15) is 5.00 Å². The average Bonchev–Trinajstić information content (AvgIpc) is 2.67. The molecule has 0 radical (unpaired) electrons.